The van der Waals surface area contributed by atoms with E-state index in [-0.39, 0.29) is 0 Å². The molecule has 0 bridgehead atoms. The van der Waals surface area contributed by atoms with Crippen LogP contribution >= 0.6 is 11.6 Å². The largest absolute Gasteiger partial charge is 0.497 e. The zero-order valence-corrected chi connectivity index (χ0v) is 11.9. The number of halogens is 1. The number of hydrogen-bond acceptors (Lipinski definition) is 1. The highest BCUT2D eigenvalue weighted by Crippen LogP contribution is 2.19. The third-order valence-electron chi connectivity index (χ3n) is 3.24. The summed E-state index contributed by atoms with van der Waals surface area (Å²) in [5.74, 6) is 2.04. The van der Waals surface area contributed by atoms with E-state index in [1.165, 1.54) is 11.1 Å². The van der Waals surface area contributed by atoms with Gasteiger partial charge in [-0.2, -0.15) is 0 Å². The van der Waals surface area contributed by atoms with E-state index in [1.807, 2.05) is 18.2 Å². The van der Waals surface area contributed by atoms with Crippen molar-refractivity contribution in [1.82, 2.24) is 0 Å². The molecule has 0 aliphatic rings. The van der Waals surface area contributed by atoms with Gasteiger partial charge in [0.15, 0.2) is 0 Å². The number of ether oxygens (including phenoxy) is 1. The highest BCUT2D eigenvalue weighted by atomic mass is 35.5. The summed E-state index contributed by atoms with van der Waals surface area (Å²) < 4.78 is 5.26. The van der Waals surface area contributed by atoms with Crippen molar-refractivity contribution in [1.29, 1.82) is 0 Å². The van der Waals surface area contributed by atoms with E-state index in [4.69, 9.17) is 16.3 Å². The fourth-order valence-electron chi connectivity index (χ4n) is 2.26. The fraction of sp³-hybridized carbons (Fsp3) is 0.294. The molecule has 100 valence electrons. The van der Waals surface area contributed by atoms with E-state index in [1.54, 1.807) is 7.11 Å². The third-order valence-corrected chi connectivity index (χ3v) is 3.68. The van der Waals surface area contributed by atoms with Crippen LogP contribution in [0.2, 0.25) is 0 Å². The molecule has 0 spiro atoms. The first-order valence-electron chi connectivity index (χ1n) is 6.54. The lowest BCUT2D eigenvalue weighted by molar-refractivity contribution is 0.414. The minimum absolute atomic E-state index is 0.455. The molecular weight excluding hydrogens is 256 g/mol. The molecule has 0 aromatic heterocycles. The SMILES string of the molecule is COc1cccc(CC(CCl)Cc2ccccc2)c1. The van der Waals surface area contributed by atoms with Crippen LogP contribution in [0.15, 0.2) is 54.6 Å². The van der Waals surface area contributed by atoms with Crippen molar-refractivity contribution in [2.75, 3.05) is 13.0 Å². The van der Waals surface area contributed by atoms with Crippen molar-refractivity contribution >= 4 is 11.6 Å². The Hall–Kier alpha value is -1.47. The molecule has 0 N–H and O–H groups in total. The van der Waals surface area contributed by atoms with Gasteiger partial charge in [-0.1, -0.05) is 42.5 Å². The number of methoxy groups -OCH3 is 1. The van der Waals surface area contributed by atoms with Crippen molar-refractivity contribution in [3.63, 3.8) is 0 Å². The maximum Gasteiger partial charge on any atom is 0.119 e. The van der Waals surface area contributed by atoms with E-state index in [2.05, 4.69) is 36.4 Å². The maximum absolute atomic E-state index is 6.11. The Balaban J connectivity index is 2.02. The van der Waals surface area contributed by atoms with Crippen LogP contribution in [0.3, 0.4) is 0 Å². The van der Waals surface area contributed by atoms with Crippen LogP contribution < -0.4 is 4.74 Å². The van der Waals surface area contributed by atoms with Crippen molar-refractivity contribution in [3.05, 3.63) is 65.7 Å². The van der Waals surface area contributed by atoms with Gasteiger partial charge in [-0.3, -0.25) is 0 Å². The Kier molecular flexibility index (Phi) is 5.29. The first kappa shape index (κ1) is 14.0. The molecule has 0 amide bonds. The van der Waals surface area contributed by atoms with Gasteiger partial charge in [0.1, 0.15) is 5.75 Å². The normalized spacial score (nSPS) is 12.1. The van der Waals surface area contributed by atoms with E-state index in [9.17, 15) is 0 Å². The van der Waals surface area contributed by atoms with Crippen molar-refractivity contribution in [2.24, 2.45) is 5.92 Å². The number of rotatable bonds is 6. The molecular formula is C17H19ClO. The minimum Gasteiger partial charge on any atom is -0.497 e. The van der Waals surface area contributed by atoms with E-state index >= 15 is 0 Å². The molecule has 19 heavy (non-hydrogen) atoms. The van der Waals surface area contributed by atoms with Crippen molar-refractivity contribution in [3.8, 4) is 5.75 Å². The average Bonchev–Trinajstić information content (AvgIpc) is 2.48. The Bertz CT molecular complexity index is 496. The van der Waals surface area contributed by atoms with E-state index in [0.717, 1.165) is 18.6 Å². The highest BCUT2D eigenvalue weighted by molar-refractivity contribution is 6.18. The summed E-state index contributed by atoms with van der Waals surface area (Å²) in [5, 5.41) is 0. The van der Waals surface area contributed by atoms with Gasteiger partial charge in [-0.05, 0) is 42.0 Å². The molecule has 0 saturated carbocycles. The second-order valence-electron chi connectivity index (χ2n) is 4.77. The Labute approximate surface area is 120 Å². The molecule has 0 aliphatic carbocycles. The minimum atomic E-state index is 0.455. The smallest absolute Gasteiger partial charge is 0.119 e. The lowest BCUT2D eigenvalue weighted by Gasteiger charge is -2.14. The summed E-state index contributed by atoms with van der Waals surface area (Å²) in [6, 6.07) is 18.7. The summed E-state index contributed by atoms with van der Waals surface area (Å²) >= 11 is 6.11. The predicted molar refractivity (Wildman–Crippen MR) is 81.1 cm³/mol. The Morgan fingerprint density at radius 1 is 0.947 bits per heavy atom. The van der Waals surface area contributed by atoms with E-state index in [0.29, 0.717) is 11.8 Å². The van der Waals surface area contributed by atoms with Gasteiger partial charge in [0.25, 0.3) is 0 Å². The molecule has 0 heterocycles. The van der Waals surface area contributed by atoms with E-state index < -0.39 is 0 Å². The monoisotopic (exact) mass is 274 g/mol. The highest BCUT2D eigenvalue weighted by Gasteiger charge is 2.10. The van der Waals surface area contributed by atoms with Gasteiger partial charge in [-0.25, -0.2) is 0 Å². The topological polar surface area (TPSA) is 9.23 Å². The van der Waals surface area contributed by atoms with Gasteiger partial charge >= 0.3 is 0 Å². The lowest BCUT2D eigenvalue weighted by Crippen LogP contribution is -2.10. The van der Waals surface area contributed by atoms with Gasteiger partial charge in [0, 0.05) is 5.88 Å². The Morgan fingerprint density at radius 2 is 1.63 bits per heavy atom. The van der Waals surface area contributed by atoms with Gasteiger partial charge in [-0.15, -0.1) is 11.6 Å². The summed E-state index contributed by atoms with van der Waals surface area (Å²) in [6.07, 6.45) is 2.00. The molecule has 2 aromatic carbocycles. The predicted octanol–water partition coefficient (Wildman–Crippen LogP) is 4.34. The second-order valence-corrected chi connectivity index (χ2v) is 5.07. The summed E-state index contributed by atoms with van der Waals surface area (Å²) in [7, 11) is 1.70. The molecule has 0 fully saturated rings. The second kappa shape index (κ2) is 7.20. The molecule has 2 aromatic rings. The van der Waals surface area contributed by atoms with Gasteiger partial charge < -0.3 is 4.74 Å². The first-order valence-corrected chi connectivity index (χ1v) is 7.08. The standard InChI is InChI=1S/C17H19ClO/c1-19-17-9-5-8-15(12-17)11-16(13-18)10-14-6-3-2-4-7-14/h2-9,12,16H,10-11,13H2,1H3. The van der Waals surface area contributed by atoms with Gasteiger partial charge in [0.05, 0.1) is 7.11 Å². The van der Waals surface area contributed by atoms with Crippen LogP contribution in [-0.2, 0) is 12.8 Å². The summed E-state index contributed by atoms with van der Waals surface area (Å²) in [4.78, 5) is 0. The van der Waals surface area contributed by atoms with Crippen molar-refractivity contribution < 1.29 is 4.74 Å². The van der Waals surface area contributed by atoms with Crippen molar-refractivity contribution in [2.45, 2.75) is 12.8 Å². The molecule has 2 heteroatoms. The number of hydrogen-bond donors (Lipinski definition) is 0. The molecule has 1 nitrogen and oxygen atoms in total. The average molecular weight is 275 g/mol. The molecule has 1 unspecified atom stereocenters. The molecule has 1 atom stereocenters. The summed E-state index contributed by atoms with van der Waals surface area (Å²) in [6.45, 7) is 0. The zero-order chi connectivity index (χ0) is 13.5. The zero-order valence-electron chi connectivity index (χ0n) is 11.2. The molecule has 0 radical (unpaired) electrons. The third kappa shape index (κ3) is 4.29. The van der Waals surface area contributed by atoms with Crippen LogP contribution in [0.25, 0.3) is 0 Å². The molecule has 2 rings (SSSR count). The fourth-order valence-corrected chi connectivity index (χ4v) is 2.48. The molecule has 0 aliphatic heterocycles. The lowest BCUT2D eigenvalue weighted by atomic mass is 9.94. The number of benzene rings is 2. The summed E-state index contributed by atoms with van der Waals surface area (Å²) in [5.41, 5.74) is 2.62. The maximum atomic E-state index is 6.11. The van der Waals surface area contributed by atoms with Gasteiger partial charge in [0.2, 0.25) is 0 Å². The van der Waals surface area contributed by atoms with Crippen LogP contribution in [0.1, 0.15) is 11.1 Å². The Morgan fingerprint density at radius 3 is 2.32 bits per heavy atom. The van der Waals surface area contributed by atoms with Crippen LogP contribution in [-0.4, -0.2) is 13.0 Å². The quantitative estimate of drug-likeness (QED) is 0.712. The first-order chi connectivity index (χ1) is 9.31. The van der Waals surface area contributed by atoms with Crippen LogP contribution in [0.5, 0.6) is 5.75 Å². The van der Waals surface area contributed by atoms with Crippen LogP contribution in [0, 0.1) is 5.92 Å². The molecule has 0 saturated heterocycles. The number of alkyl halides is 1. The van der Waals surface area contributed by atoms with Crippen LogP contribution in [0.4, 0.5) is 0 Å².